The van der Waals surface area contributed by atoms with E-state index >= 15 is 0 Å². The summed E-state index contributed by atoms with van der Waals surface area (Å²) in [6.45, 7) is 3.72. The van der Waals surface area contributed by atoms with Crippen LogP contribution in [-0.2, 0) is 9.59 Å². The first kappa shape index (κ1) is 17.8. The third-order valence-corrected chi connectivity index (χ3v) is 4.67. The van der Waals surface area contributed by atoms with E-state index in [1.54, 1.807) is 12.1 Å². The second-order valence-electron chi connectivity index (χ2n) is 6.53. The highest BCUT2D eigenvalue weighted by atomic mass is 35.5. The molecule has 23 heavy (non-hydrogen) atoms. The summed E-state index contributed by atoms with van der Waals surface area (Å²) in [6.07, 6.45) is 4.65. The molecule has 1 fully saturated rings. The molecule has 2 N–H and O–H groups in total. The van der Waals surface area contributed by atoms with Gasteiger partial charge in [-0.25, -0.2) is 0 Å². The molecule has 5 heteroatoms. The van der Waals surface area contributed by atoms with Crippen molar-refractivity contribution in [2.75, 3.05) is 0 Å². The molecule has 2 amide bonds. The van der Waals surface area contributed by atoms with E-state index in [-0.39, 0.29) is 30.3 Å². The van der Waals surface area contributed by atoms with Crippen LogP contribution in [0.25, 0.3) is 0 Å². The summed E-state index contributed by atoms with van der Waals surface area (Å²) < 4.78 is 0. The van der Waals surface area contributed by atoms with Crippen molar-refractivity contribution in [3.05, 3.63) is 34.9 Å². The van der Waals surface area contributed by atoms with Crippen molar-refractivity contribution >= 4 is 23.4 Å². The van der Waals surface area contributed by atoms with Gasteiger partial charge >= 0.3 is 0 Å². The third kappa shape index (κ3) is 5.87. The third-order valence-electron chi connectivity index (χ3n) is 4.42. The maximum Gasteiger partial charge on any atom is 0.222 e. The van der Waals surface area contributed by atoms with Gasteiger partial charge in [-0.3, -0.25) is 9.59 Å². The predicted octanol–water partition coefficient (Wildman–Crippen LogP) is 3.60. The van der Waals surface area contributed by atoms with Crippen LogP contribution in [0.15, 0.2) is 24.3 Å². The molecule has 0 bridgehead atoms. The minimum Gasteiger partial charge on any atom is -0.353 e. The fourth-order valence-electron chi connectivity index (χ4n) is 3.07. The van der Waals surface area contributed by atoms with Crippen molar-refractivity contribution in [2.45, 2.75) is 58.0 Å². The van der Waals surface area contributed by atoms with Gasteiger partial charge in [0.15, 0.2) is 0 Å². The van der Waals surface area contributed by atoms with Gasteiger partial charge in [0, 0.05) is 18.0 Å². The van der Waals surface area contributed by atoms with E-state index in [9.17, 15) is 9.59 Å². The van der Waals surface area contributed by atoms with Crippen molar-refractivity contribution in [1.82, 2.24) is 10.6 Å². The van der Waals surface area contributed by atoms with Gasteiger partial charge in [-0.05, 0) is 49.3 Å². The van der Waals surface area contributed by atoms with E-state index in [0.29, 0.717) is 5.02 Å². The molecular weight excluding hydrogens is 312 g/mol. The maximum atomic E-state index is 12.3. The molecule has 0 heterocycles. The van der Waals surface area contributed by atoms with E-state index in [1.165, 1.54) is 6.92 Å². The lowest BCUT2D eigenvalue weighted by atomic mass is 9.87. The summed E-state index contributed by atoms with van der Waals surface area (Å²) in [5, 5.41) is 6.59. The predicted molar refractivity (Wildman–Crippen MR) is 92.2 cm³/mol. The Labute approximate surface area is 143 Å². The summed E-state index contributed by atoms with van der Waals surface area (Å²) in [4.78, 5) is 23.8. The fourth-order valence-corrected chi connectivity index (χ4v) is 3.20. The Morgan fingerprint density at radius 2 is 1.78 bits per heavy atom. The highest BCUT2D eigenvalue weighted by Crippen LogP contribution is 2.24. The first-order valence-corrected chi connectivity index (χ1v) is 8.63. The van der Waals surface area contributed by atoms with Gasteiger partial charge in [-0.2, -0.15) is 0 Å². The molecule has 1 aromatic rings. The number of nitrogens with one attached hydrogen (secondary N) is 2. The van der Waals surface area contributed by atoms with Crippen molar-refractivity contribution in [3.8, 4) is 0 Å². The van der Waals surface area contributed by atoms with Gasteiger partial charge in [0.1, 0.15) is 0 Å². The summed E-state index contributed by atoms with van der Waals surface area (Å²) in [5.74, 6) is 0.590. The Balaban J connectivity index is 1.95. The molecule has 4 nitrogen and oxygen atoms in total. The second kappa shape index (κ2) is 8.34. The molecule has 1 saturated carbocycles. The minimum absolute atomic E-state index is 0.0155. The van der Waals surface area contributed by atoms with Crippen molar-refractivity contribution in [2.24, 2.45) is 5.92 Å². The van der Waals surface area contributed by atoms with Crippen molar-refractivity contribution < 1.29 is 9.59 Å². The molecular formula is C18H25ClN2O2. The van der Waals surface area contributed by atoms with E-state index in [0.717, 1.165) is 37.2 Å². The van der Waals surface area contributed by atoms with Crippen LogP contribution < -0.4 is 10.6 Å². The first-order valence-electron chi connectivity index (χ1n) is 8.26. The van der Waals surface area contributed by atoms with Crippen LogP contribution in [0.2, 0.25) is 5.02 Å². The number of hydrogen-bond acceptors (Lipinski definition) is 2. The molecule has 1 aromatic carbocycles. The van der Waals surface area contributed by atoms with Gasteiger partial charge in [-0.15, -0.1) is 0 Å². The van der Waals surface area contributed by atoms with Crippen LogP contribution in [-0.4, -0.2) is 17.9 Å². The summed E-state index contributed by atoms with van der Waals surface area (Å²) in [7, 11) is 0. The maximum absolute atomic E-state index is 12.3. The average Bonchev–Trinajstić information content (AvgIpc) is 2.49. The minimum atomic E-state index is -0.327. The topological polar surface area (TPSA) is 58.2 Å². The quantitative estimate of drug-likeness (QED) is 0.863. The number of halogens is 1. The second-order valence-corrected chi connectivity index (χ2v) is 6.97. The van der Waals surface area contributed by atoms with Gasteiger partial charge in [0.05, 0.1) is 12.5 Å². The van der Waals surface area contributed by atoms with E-state index in [2.05, 4.69) is 17.6 Å². The zero-order valence-corrected chi connectivity index (χ0v) is 14.5. The Morgan fingerprint density at radius 3 is 2.35 bits per heavy atom. The Morgan fingerprint density at radius 1 is 1.17 bits per heavy atom. The Kier molecular flexibility index (Phi) is 6.46. The average molecular weight is 337 g/mol. The fraction of sp³-hybridized carbons (Fsp3) is 0.556. The number of carbonyl (C=O) groups excluding carboxylic acids is 2. The Bertz CT molecular complexity index is 536. The molecule has 0 aromatic heterocycles. The number of amides is 2. The smallest absolute Gasteiger partial charge is 0.222 e. The molecule has 1 atom stereocenters. The normalized spacial score (nSPS) is 22.2. The molecule has 126 valence electrons. The molecule has 1 unspecified atom stereocenters. The molecule has 1 aliphatic carbocycles. The van der Waals surface area contributed by atoms with Gasteiger partial charge in [-0.1, -0.05) is 30.7 Å². The molecule has 2 rings (SSSR count). The lowest BCUT2D eigenvalue weighted by Crippen LogP contribution is -2.39. The number of hydrogen-bond donors (Lipinski definition) is 2. The zero-order chi connectivity index (χ0) is 16.8. The van der Waals surface area contributed by atoms with Crippen LogP contribution in [0.3, 0.4) is 0 Å². The lowest BCUT2D eigenvalue weighted by Gasteiger charge is -2.27. The highest BCUT2D eigenvalue weighted by molar-refractivity contribution is 6.30. The molecule has 0 aliphatic heterocycles. The first-order chi connectivity index (χ1) is 10.9. The monoisotopic (exact) mass is 336 g/mol. The van der Waals surface area contributed by atoms with Gasteiger partial charge in [0.2, 0.25) is 11.8 Å². The van der Waals surface area contributed by atoms with E-state index in [1.807, 2.05) is 12.1 Å². The number of benzene rings is 1. The van der Waals surface area contributed by atoms with Crippen LogP contribution in [0.1, 0.15) is 57.6 Å². The number of carbonyl (C=O) groups is 2. The largest absolute Gasteiger partial charge is 0.353 e. The van der Waals surface area contributed by atoms with E-state index < -0.39 is 0 Å². The standard InChI is InChI=1S/C18H25ClN2O2/c1-12-3-9-16(10-4-12)21-18(23)11-17(20-13(2)22)14-5-7-15(19)8-6-14/h5-8,12,16-17H,3-4,9-11H2,1-2H3,(H,20,22)(H,21,23). The van der Waals surface area contributed by atoms with Gasteiger partial charge in [0.25, 0.3) is 0 Å². The van der Waals surface area contributed by atoms with Crippen LogP contribution in [0.5, 0.6) is 0 Å². The Hall–Kier alpha value is -1.55. The van der Waals surface area contributed by atoms with Crippen molar-refractivity contribution in [3.63, 3.8) is 0 Å². The van der Waals surface area contributed by atoms with Gasteiger partial charge < -0.3 is 10.6 Å². The van der Waals surface area contributed by atoms with Crippen LogP contribution in [0, 0.1) is 5.92 Å². The van der Waals surface area contributed by atoms with E-state index in [4.69, 9.17) is 11.6 Å². The SMILES string of the molecule is CC(=O)NC(CC(=O)NC1CCC(C)CC1)c1ccc(Cl)cc1. The number of rotatable bonds is 5. The lowest BCUT2D eigenvalue weighted by molar-refractivity contribution is -0.123. The van der Waals surface area contributed by atoms with Crippen LogP contribution in [0.4, 0.5) is 0 Å². The summed E-state index contributed by atoms with van der Waals surface area (Å²) in [5.41, 5.74) is 0.886. The van der Waals surface area contributed by atoms with Crippen molar-refractivity contribution in [1.29, 1.82) is 0 Å². The molecule has 1 aliphatic rings. The molecule has 0 saturated heterocycles. The summed E-state index contributed by atoms with van der Waals surface area (Å²) in [6, 6.07) is 7.17. The molecule has 0 spiro atoms. The highest BCUT2D eigenvalue weighted by Gasteiger charge is 2.22. The van der Waals surface area contributed by atoms with Crippen LogP contribution >= 0.6 is 11.6 Å². The summed E-state index contributed by atoms with van der Waals surface area (Å²) >= 11 is 5.90. The molecule has 0 radical (unpaired) electrons. The zero-order valence-electron chi connectivity index (χ0n) is 13.8.